The Morgan fingerprint density at radius 2 is 2.24 bits per heavy atom. The Morgan fingerprint density at radius 1 is 1.52 bits per heavy atom. The summed E-state index contributed by atoms with van der Waals surface area (Å²) >= 11 is 0.718. The molecule has 2 amide bonds. The van der Waals surface area contributed by atoms with E-state index in [9.17, 15) is 22.8 Å². The molecule has 1 aromatic rings. The van der Waals surface area contributed by atoms with Crippen LogP contribution in [0.25, 0.3) is 0 Å². The molecule has 0 aromatic carbocycles. The molecule has 1 N–H and O–H groups in total. The summed E-state index contributed by atoms with van der Waals surface area (Å²) < 4.78 is 37.3. The van der Waals surface area contributed by atoms with Crippen molar-refractivity contribution in [1.29, 1.82) is 0 Å². The van der Waals surface area contributed by atoms with Gasteiger partial charge < -0.3 is 10.2 Å². The fraction of sp³-hybridized carbons (Fsp3) is 0.583. The van der Waals surface area contributed by atoms with Crippen molar-refractivity contribution in [3.8, 4) is 0 Å². The van der Waals surface area contributed by atoms with E-state index in [1.54, 1.807) is 0 Å². The maximum absolute atomic E-state index is 12.4. The Kier molecular flexibility index (Phi) is 3.19. The number of nitrogens with one attached hydrogen (secondary N) is 1. The van der Waals surface area contributed by atoms with Gasteiger partial charge in [-0.3, -0.25) is 9.59 Å². The first kappa shape index (κ1) is 14.3. The van der Waals surface area contributed by atoms with Gasteiger partial charge in [0, 0.05) is 11.9 Å². The second kappa shape index (κ2) is 4.69. The van der Waals surface area contributed by atoms with Gasteiger partial charge >= 0.3 is 6.18 Å². The zero-order valence-electron chi connectivity index (χ0n) is 10.8. The number of halogens is 3. The topological polar surface area (TPSA) is 62.3 Å². The van der Waals surface area contributed by atoms with Crippen molar-refractivity contribution < 1.29 is 22.8 Å². The van der Waals surface area contributed by atoms with Gasteiger partial charge in [-0.15, -0.1) is 11.3 Å². The molecule has 0 radical (unpaired) electrons. The van der Waals surface area contributed by atoms with Crippen molar-refractivity contribution in [1.82, 2.24) is 9.88 Å². The van der Waals surface area contributed by atoms with Crippen LogP contribution < -0.4 is 5.32 Å². The van der Waals surface area contributed by atoms with Crippen LogP contribution in [0.3, 0.4) is 0 Å². The molecule has 9 heteroatoms. The van der Waals surface area contributed by atoms with Gasteiger partial charge in [0.15, 0.2) is 10.8 Å². The van der Waals surface area contributed by atoms with Gasteiger partial charge in [-0.25, -0.2) is 4.98 Å². The minimum absolute atomic E-state index is 0.0446. The van der Waals surface area contributed by atoms with Gasteiger partial charge in [-0.2, -0.15) is 13.2 Å². The maximum atomic E-state index is 12.4. The second-order valence-electron chi connectivity index (χ2n) is 5.52. The number of nitrogens with zero attached hydrogens (tertiary/aromatic N) is 2. The van der Waals surface area contributed by atoms with Gasteiger partial charge in [0.25, 0.3) is 0 Å². The number of alkyl halides is 3. The van der Waals surface area contributed by atoms with Gasteiger partial charge in [-0.05, 0) is 24.7 Å². The highest BCUT2D eigenvalue weighted by Crippen LogP contribution is 2.54. The van der Waals surface area contributed by atoms with Crippen LogP contribution in [0.1, 0.15) is 25.0 Å². The first-order valence-corrected chi connectivity index (χ1v) is 7.26. The molecule has 0 bridgehead atoms. The van der Waals surface area contributed by atoms with E-state index in [1.165, 1.54) is 4.90 Å². The van der Waals surface area contributed by atoms with E-state index in [-0.39, 0.29) is 10.5 Å². The number of aromatic nitrogens is 1. The number of amides is 2. The van der Waals surface area contributed by atoms with Crippen LogP contribution in [-0.4, -0.2) is 34.8 Å². The molecule has 1 saturated heterocycles. The fourth-order valence-electron chi connectivity index (χ4n) is 2.63. The van der Waals surface area contributed by atoms with E-state index in [1.807, 2.05) is 0 Å². The van der Waals surface area contributed by atoms with Gasteiger partial charge in [0.1, 0.15) is 6.04 Å². The fourth-order valence-corrected chi connectivity index (χ4v) is 3.35. The standard InChI is InChI=1S/C12H12F3N3O2S/c13-12(14,15)8-4-21-10(16-8)17-9(20)7-3-11(1-2-11)5-18(7)6-19/h4,6-7H,1-3,5H2,(H,16,17,20). The molecule has 2 heterocycles. The van der Waals surface area contributed by atoms with Crippen LogP contribution in [0.15, 0.2) is 5.38 Å². The highest BCUT2D eigenvalue weighted by molar-refractivity contribution is 7.13. The number of hydrogen-bond acceptors (Lipinski definition) is 4. The molecule has 5 nitrogen and oxygen atoms in total. The van der Waals surface area contributed by atoms with E-state index >= 15 is 0 Å². The SMILES string of the molecule is O=CN1CC2(CC2)CC1C(=O)Nc1nc(C(F)(F)F)cs1. The van der Waals surface area contributed by atoms with E-state index in [0.29, 0.717) is 19.4 Å². The summed E-state index contributed by atoms with van der Waals surface area (Å²) in [5, 5.41) is 3.12. The largest absolute Gasteiger partial charge is 0.434 e. The summed E-state index contributed by atoms with van der Waals surface area (Å²) in [4.78, 5) is 27.9. The number of anilines is 1. The van der Waals surface area contributed by atoms with E-state index in [2.05, 4.69) is 10.3 Å². The van der Waals surface area contributed by atoms with E-state index < -0.39 is 23.8 Å². The molecule has 3 rings (SSSR count). The van der Waals surface area contributed by atoms with Crippen molar-refractivity contribution in [2.75, 3.05) is 11.9 Å². The van der Waals surface area contributed by atoms with Crippen LogP contribution in [0, 0.1) is 5.41 Å². The average Bonchev–Trinajstić information content (AvgIpc) is 2.85. The highest BCUT2D eigenvalue weighted by atomic mass is 32.1. The second-order valence-corrected chi connectivity index (χ2v) is 6.38. The van der Waals surface area contributed by atoms with Crippen molar-refractivity contribution in [3.05, 3.63) is 11.1 Å². The zero-order chi connectivity index (χ0) is 15.3. The molecule has 21 heavy (non-hydrogen) atoms. The monoisotopic (exact) mass is 319 g/mol. The Bertz CT molecular complexity index is 583. The molecular weight excluding hydrogens is 307 g/mol. The van der Waals surface area contributed by atoms with Crippen molar-refractivity contribution in [2.24, 2.45) is 5.41 Å². The molecule has 114 valence electrons. The minimum Gasteiger partial charge on any atom is -0.333 e. The maximum Gasteiger partial charge on any atom is 0.434 e. The summed E-state index contributed by atoms with van der Waals surface area (Å²) in [5.41, 5.74) is -0.983. The van der Waals surface area contributed by atoms with E-state index in [4.69, 9.17) is 0 Å². The summed E-state index contributed by atoms with van der Waals surface area (Å²) in [6, 6.07) is -0.622. The lowest BCUT2D eigenvalue weighted by Gasteiger charge is -2.18. The number of likely N-dealkylation sites (tertiary alicyclic amines) is 1. The summed E-state index contributed by atoms with van der Waals surface area (Å²) in [5.74, 6) is -0.478. The zero-order valence-corrected chi connectivity index (χ0v) is 11.6. The molecular formula is C12H12F3N3O2S. The molecule has 1 unspecified atom stereocenters. The van der Waals surface area contributed by atoms with Crippen LogP contribution in [-0.2, 0) is 15.8 Å². The first-order valence-electron chi connectivity index (χ1n) is 6.38. The van der Waals surface area contributed by atoms with Crippen molar-refractivity contribution in [2.45, 2.75) is 31.5 Å². The Hall–Kier alpha value is -1.64. The van der Waals surface area contributed by atoms with Crippen molar-refractivity contribution >= 4 is 28.8 Å². The van der Waals surface area contributed by atoms with E-state index in [0.717, 1.165) is 29.6 Å². The van der Waals surface area contributed by atoms with Gasteiger partial charge in [0.05, 0.1) is 0 Å². The molecule has 2 aliphatic rings. The molecule has 1 aromatic heterocycles. The Labute approximate surface area is 122 Å². The third kappa shape index (κ3) is 2.74. The quantitative estimate of drug-likeness (QED) is 0.868. The molecule has 1 aliphatic carbocycles. The molecule has 1 saturated carbocycles. The molecule has 1 atom stereocenters. The number of hydrogen-bond donors (Lipinski definition) is 1. The predicted octanol–water partition coefficient (Wildman–Crippen LogP) is 2.11. The highest BCUT2D eigenvalue weighted by Gasteiger charge is 2.53. The van der Waals surface area contributed by atoms with Gasteiger partial charge in [-0.1, -0.05) is 0 Å². The average molecular weight is 319 g/mol. The summed E-state index contributed by atoms with van der Waals surface area (Å²) in [7, 11) is 0. The normalized spacial score (nSPS) is 23.4. The van der Waals surface area contributed by atoms with Crippen LogP contribution in [0.4, 0.5) is 18.3 Å². The molecule has 2 fully saturated rings. The van der Waals surface area contributed by atoms with Crippen LogP contribution in [0.2, 0.25) is 0 Å². The number of rotatable bonds is 3. The Balaban J connectivity index is 1.68. The third-order valence-corrected chi connectivity index (χ3v) is 4.72. The summed E-state index contributed by atoms with van der Waals surface area (Å²) in [6.07, 6.45) is -1.37. The van der Waals surface area contributed by atoms with Crippen LogP contribution in [0.5, 0.6) is 0 Å². The predicted molar refractivity (Wildman–Crippen MR) is 68.6 cm³/mol. The lowest BCUT2D eigenvalue weighted by molar-refractivity contribution is -0.140. The lowest BCUT2D eigenvalue weighted by Crippen LogP contribution is -2.38. The smallest absolute Gasteiger partial charge is 0.333 e. The first-order chi connectivity index (χ1) is 9.83. The number of carbonyl (C=O) groups excluding carboxylic acids is 2. The third-order valence-electron chi connectivity index (χ3n) is 3.96. The number of thiazole rings is 1. The molecule has 1 aliphatic heterocycles. The van der Waals surface area contributed by atoms with Crippen molar-refractivity contribution in [3.63, 3.8) is 0 Å². The lowest BCUT2D eigenvalue weighted by atomic mass is 10.0. The molecule has 1 spiro atoms. The Morgan fingerprint density at radius 3 is 2.76 bits per heavy atom. The summed E-state index contributed by atoms with van der Waals surface area (Å²) in [6.45, 7) is 0.542. The minimum atomic E-state index is -4.53. The number of carbonyl (C=O) groups is 2. The van der Waals surface area contributed by atoms with Crippen LogP contribution >= 0.6 is 11.3 Å². The van der Waals surface area contributed by atoms with Gasteiger partial charge in [0.2, 0.25) is 12.3 Å².